The fraction of sp³-hybridized carbons (Fsp3) is 1.00. The van der Waals surface area contributed by atoms with Crippen molar-refractivity contribution in [3.8, 4) is 0 Å². The summed E-state index contributed by atoms with van der Waals surface area (Å²) >= 11 is 0. The van der Waals surface area contributed by atoms with Crippen LogP contribution in [0.5, 0.6) is 0 Å². The molecule has 3 N–H and O–H groups in total. The van der Waals surface area contributed by atoms with Crippen LogP contribution in [0.4, 0.5) is 0 Å². The molecule has 3 unspecified atom stereocenters. The van der Waals surface area contributed by atoms with Crippen molar-refractivity contribution in [1.82, 2.24) is 10.6 Å². The molecule has 0 aliphatic carbocycles. The highest BCUT2D eigenvalue weighted by molar-refractivity contribution is 4.83. The molecule has 0 saturated carbocycles. The molecule has 0 amide bonds. The van der Waals surface area contributed by atoms with Crippen molar-refractivity contribution in [3.05, 3.63) is 0 Å². The number of hydrogen-bond donors (Lipinski definition) is 3. The second-order valence-electron chi connectivity index (χ2n) is 4.80. The lowest BCUT2D eigenvalue weighted by atomic mass is 10.1. The van der Waals surface area contributed by atoms with Crippen molar-refractivity contribution in [1.29, 1.82) is 0 Å². The monoisotopic (exact) mass is 214 g/mol. The first-order valence-electron chi connectivity index (χ1n) is 6.37. The van der Waals surface area contributed by atoms with E-state index < -0.39 is 0 Å². The first kappa shape index (κ1) is 12.9. The van der Waals surface area contributed by atoms with E-state index in [0.717, 1.165) is 19.5 Å². The summed E-state index contributed by atoms with van der Waals surface area (Å²) in [4.78, 5) is 0. The Kier molecular flexibility index (Phi) is 6.22. The Balaban J connectivity index is 1.98. The van der Waals surface area contributed by atoms with Gasteiger partial charge in [0.05, 0.1) is 6.10 Å². The molecule has 0 aromatic rings. The van der Waals surface area contributed by atoms with Crippen LogP contribution in [0.3, 0.4) is 0 Å². The van der Waals surface area contributed by atoms with Crippen molar-refractivity contribution < 1.29 is 5.11 Å². The zero-order valence-electron chi connectivity index (χ0n) is 10.1. The summed E-state index contributed by atoms with van der Waals surface area (Å²) in [7, 11) is 0. The van der Waals surface area contributed by atoms with Crippen molar-refractivity contribution in [3.63, 3.8) is 0 Å². The molecule has 0 radical (unpaired) electrons. The van der Waals surface area contributed by atoms with Crippen LogP contribution >= 0.6 is 0 Å². The lowest BCUT2D eigenvalue weighted by molar-refractivity contribution is 0.193. The highest BCUT2D eigenvalue weighted by atomic mass is 16.3. The van der Waals surface area contributed by atoms with Crippen molar-refractivity contribution >= 4 is 0 Å². The van der Waals surface area contributed by atoms with Crippen LogP contribution in [0.1, 0.15) is 46.0 Å². The molecular weight excluding hydrogens is 188 g/mol. The van der Waals surface area contributed by atoms with Gasteiger partial charge in [-0.05, 0) is 19.8 Å². The van der Waals surface area contributed by atoms with Crippen LogP contribution in [0.15, 0.2) is 0 Å². The van der Waals surface area contributed by atoms with Gasteiger partial charge in [0.2, 0.25) is 0 Å². The van der Waals surface area contributed by atoms with Crippen molar-refractivity contribution in [2.75, 3.05) is 13.1 Å². The molecule has 0 aromatic heterocycles. The van der Waals surface area contributed by atoms with Crippen LogP contribution < -0.4 is 10.6 Å². The van der Waals surface area contributed by atoms with E-state index in [9.17, 15) is 5.11 Å². The summed E-state index contributed by atoms with van der Waals surface area (Å²) < 4.78 is 0. The lowest BCUT2D eigenvalue weighted by Gasteiger charge is -2.17. The molecule has 1 aliphatic heterocycles. The van der Waals surface area contributed by atoms with Gasteiger partial charge < -0.3 is 15.7 Å². The van der Waals surface area contributed by atoms with Crippen molar-refractivity contribution in [2.45, 2.75) is 64.1 Å². The second-order valence-corrected chi connectivity index (χ2v) is 4.80. The Hall–Kier alpha value is -0.120. The zero-order chi connectivity index (χ0) is 11.1. The Morgan fingerprint density at radius 3 is 2.87 bits per heavy atom. The molecular formula is C12H26N2O. The minimum atomic E-state index is -0.132. The molecule has 15 heavy (non-hydrogen) atoms. The van der Waals surface area contributed by atoms with Gasteiger partial charge in [0.1, 0.15) is 0 Å². The molecule has 1 rings (SSSR count). The summed E-state index contributed by atoms with van der Waals surface area (Å²) in [6.07, 6.45) is 5.99. The summed E-state index contributed by atoms with van der Waals surface area (Å²) in [5.41, 5.74) is 0. The molecule has 3 atom stereocenters. The highest BCUT2D eigenvalue weighted by Crippen LogP contribution is 2.07. The first-order chi connectivity index (χ1) is 7.22. The summed E-state index contributed by atoms with van der Waals surface area (Å²) in [6.45, 7) is 6.24. The van der Waals surface area contributed by atoms with Crippen molar-refractivity contribution in [2.24, 2.45) is 0 Å². The van der Waals surface area contributed by atoms with E-state index in [2.05, 4.69) is 24.5 Å². The molecule has 0 aromatic carbocycles. The van der Waals surface area contributed by atoms with E-state index in [1.165, 1.54) is 25.7 Å². The van der Waals surface area contributed by atoms with Crippen LogP contribution in [-0.2, 0) is 0 Å². The van der Waals surface area contributed by atoms with Gasteiger partial charge in [-0.2, -0.15) is 0 Å². The van der Waals surface area contributed by atoms with E-state index >= 15 is 0 Å². The maximum atomic E-state index is 9.35. The zero-order valence-corrected chi connectivity index (χ0v) is 10.1. The van der Waals surface area contributed by atoms with Gasteiger partial charge in [-0.25, -0.2) is 0 Å². The maximum Gasteiger partial charge on any atom is 0.0680 e. The number of β-amino-alcohol motifs (C(OH)–C–C–N with tert-alkyl or cyclic N) is 1. The third kappa shape index (κ3) is 5.50. The van der Waals surface area contributed by atoms with E-state index in [1.54, 1.807) is 0 Å². The van der Waals surface area contributed by atoms with Gasteiger partial charge in [0.15, 0.2) is 0 Å². The third-order valence-electron chi connectivity index (χ3n) is 3.15. The SMILES string of the molecule is CCCCCC(C)NCC1CC(O)CN1. The van der Waals surface area contributed by atoms with Gasteiger partial charge >= 0.3 is 0 Å². The van der Waals surface area contributed by atoms with E-state index in [0.29, 0.717) is 12.1 Å². The number of hydrogen-bond acceptors (Lipinski definition) is 3. The second kappa shape index (κ2) is 7.20. The van der Waals surface area contributed by atoms with E-state index in [-0.39, 0.29) is 6.10 Å². The molecule has 90 valence electrons. The predicted octanol–water partition coefficient (Wildman–Crippen LogP) is 1.27. The number of unbranched alkanes of at least 4 members (excludes halogenated alkanes) is 2. The van der Waals surface area contributed by atoms with E-state index in [4.69, 9.17) is 0 Å². The minimum absolute atomic E-state index is 0.132. The predicted molar refractivity (Wildman–Crippen MR) is 64.0 cm³/mol. The summed E-state index contributed by atoms with van der Waals surface area (Å²) in [5.74, 6) is 0. The Morgan fingerprint density at radius 1 is 1.47 bits per heavy atom. The molecule has 0 bridgehead atoms. The fourth-order valence-corrected chi connectivity index (χ4v) is 2.10. The summed E-state index contributed by atoms with van der Waals surface area (Å²) in [6, 6.07) is 1.07. The van der Waals surface area contributed by atoms with Gasteiger partial charge in [0, 0.05) is 25.2 Å². The molecule has 1 heterocycles. The normalized spacial score (nSPS) is 28.2. The van der Waals surface area contributed by atoms with Crippen LogP contribution in [0.25, 0.3) is 0 Å². The Bertz CT molecular complexity index is 164. The van der Waals surface area contributed by atoms with Crippen LogP contribution in [-0.4, -0.2) is 36.4 Å². The van der Waals surface area contributed by atoms with Crippen LogP contribution in [0.2, 0.25) is 0 Å². The highest BCUT2D eigenvalue weighted by Gasteiger charge is 2.21. The third-order valence-corrected chi connectivity index (χ3v) is 3.15. The molecule has 0 spiro atoms. The van der Waals surface area contributed by atoms with E-state index in [1.807, 2.05) is 0 Å². The smallest absolute Gasteiger partial charge is 0.0680 e. The van der Waals surface area contributed by atoms with Gasteiger partial charge in [-0.3, -0.25) is 0 Å². The minimum Gasteiger partial charge on any atom is -0.392 e. The molecule has 3 heteroatoms. The maximum absolute atomic E-state index is 9.35. The lowest BCUT2D eigenvalue weighted by Crippen LogP contribution is -2.38. The standard InChI is InChI=1S/C12H26N2O/c1-3-4-5-6-10(2)13-8-11-7-12(15)9-14-11/h10-15H,3-9H2,1-2H3. The quantitative estimate of drug-likeness (QED) is 0.559. The first-order valence-corrected chi connectivity index (χ1v) is 6.37. The van der Waals surface area contributed by atoms with Gasteiger partial charge in [-0.1, -0.05) is 26.2 Å². The van der Waals surface area contributed by atoms with Crippen LogP contribution in [0, 0.1) is 0 Å². The Morgan fingerprint density at radius 2 is 2.27 bits per heavy atom. The molecule has 1 fully saturated rings. The molecule has 3 nitrogen and oxygen atoms in total. The largest absolute Gasteiger partial charge is 0.392 e. The average Bonchev–Trinajstić information content (AvgIpc) is 2.62. The fourth-order valence-electron chi connectivity index (χ4n) is 2.10. The number of nitrogens with one attached hydrogen (secondary N) is 2. The summed E-state index contributed by atoms with van der Waals surface area (Å²) in [5, 5.41) is 16.2. The number of aliphatic hydroxyl groups is 1. The van der Waals surface area contributed by atoms with Gasteiger partial charge in [-0.15, -0.1) is 0 Å². The van der Waals surface area contributed by atoms with Gasteiger partial charge in [0.25, 0.3) is 0 Å². The average molecular weight is 214 g/mol. The topological polar surface area (TPSA) is 44.3 Å². The molecule has 1 aliphatic rings. The number of aliphatic hydroxyl groups excluding tert-OH is 1. The Labute approximate surface area is 93.6 Å². The number of rotatable bonds is 7. The molecule has 1 saturated heterocycles.